The average molecular weight is 282 g/mol. The largest absolute Gasteiger partial charge is 0.411 e. The fourth-order valence-corrected chi connectivity index (χ4v) is 10.0. The minimum absolute atomic E-state index is 0.442. The van der Waals surface area contributed by atoms with Crippen molar-refractivity contribution in [1.82, 2.24) is 4.90 Å². The van der Waals surface area contributed by atoms with Gasteiger partial charge < -0.3 is 4.43 Å². The summed E-state index contributed by atoms with van der Waals surface area (Å²) >= 11 is 0. The van der Waals surface area contributed by atoms with Gasteiger partial charge in [0.05, 0.1) is 12.1 Å². The predicted molar refractivity (Wildman–Crippen MR) is 85.0 cm³/mol. The van der Waals surface area contributed by atoms with E-state index in [1.54, 1.807) is 0 Å². The monoisotopic (exact) mass is 281 g/mol. The molecule has 0 saturated carbocycles. The summed E-state index contributed by atoms with van der Waals surface area (Å²) in [6.07, 6.45) is 6.34. The Morgan fingerprint density at radius 2 is 1.63 bits per heavy atom. The lowest BCUT2D eigenvalue weighted by atomic mass is 10.2. The van der Waals surface area contributed by atoms with Gasteiger partial charge in [-0.1, -0.05) is 53.7 Å². The summed E-state index contributed by atoms with van der Waals surface area (Å²) in [5, 5.41) is 0. The molecule has 0 aliphatic carbocycles. The molecule has 3 heteroatoms. The van der Waals surface area contributed by atoms with E-state index in [0.717, 1.165) is 6.54 Å². The van der Waals surface area contributed by atoms with Crippen LogP contribution in [-0.4, -0.2) is 38.5 Å². The lowest BCUT2D eigenvalue weighted by molar-refractivity contribution is 0.152. The lowest BCUT2D eigenvalue weighted by Crippen LogP contribution is -2.51. The molecule has 110 valence electrons. The first-order valence-electron chi connectivity index (χ1n) is 7.98. The van der Waals surface area contributed by atoms with Gasteiger partial charge in [-0.05, 0) is 23.0 Å². The Hall–Kier alpha value is -0.123. The Labute approximate surface area is 120 Å². The zero-order chi connectivity index (χ0) is 14.2. The molecule has 2 rings (SSSR count). The second-order valence-corrected chi connectivity index (χ2v) is 12.6. The van der Waals surface area contributed by atoms with Crippen molar-refractivity contribution in [3.63, 3.8) is 0 Å². The van der Waals surface area contributed by atoms with Crippen LogP contribution in [0.5, 0.6) is 0 Å². The summed E-state index contributed by atoms with van der Waals surface area (Å²) < 4.78 is 6.94. The zero-order valence-corrected chi connectivity index (χ0v) is 14.5. The van der Waals surface area contributed by atoms with Crippen LogP contribution >= 0.6 is 0 Å². The topological polar surface area (TPSA) is 12.5 Å². The Morgan fingerprint density at radius 1 is 1.05 bits per heavy atom. The highest BCUT2D eigenvalue weighted by Gasteiger charge is 2.49. The van der Waals surface area contributed by atoms with Crippen LogP contribution in [0.2, 0.25) is 16.6 Å². The van der Waals surface area contributed by atoms with Crippen molar-refractivity contribution in [3.05, 3.63) is 12.2 Å². The SMILES string of the molecule is CC(C)[Si](O[C@@H]1CCN2CC=C[C@@H]12)(C(C)C)C(C)C. The first kappa shape index (κ1) is 15.3. The molecule has 1 fully saturated rings. The standard InChI is InChI=1S/C16H31NOSi/c1-12(2)19(13(3)4,14(5)6)18-16-9-11-17-10-7-8-15(16)17/h7-8,12-16H,9-11H2,1-6H3/t15-,16+/m0/s1. The molecule has 0 aromatic rings. The van der Waals surface area contributed by atoms with E-state index in [2.05, 4.69) is 58.6 Å². The van der Waals surface area contributed by atoms with Gasteiger partial charge in [-0.2, -0.15) is 0 Å². The maximum absolute atomic E-state index is 6.94. The van der Waals surface area contributed by atoms with Crippen LogP contribution < -0.4 is 0 Å². The number of hydrogen-bond acceptors (Lipinski definition) is 2. The van der Waals surface area contributed by atoms with Gasteiger partial charge in [0, 0.05) is 13.1 Å². The zero-order valence-electron chi connectivity index (χ0n) is 13.5. The fourth-order valence-electron chi connectivity index (χ4n) is 4.44. The minimum Gasteiger partial charge on any atom is -0.411 e. The first-order valence-corrected chi connectivity index (χ1v) is 10.1. The molecule has 2 aliphatic heterocycles. The van der Waals surface area contributed by atoms with Gasteiger partial charge in [0.25, 0.3) is 0 Å². The van der Waals surface area contributed by atoms with Crippen molar-refractivity contribution >= 4 is 8.32 Å². The van der Waals surface area contributed by atoms with Crippen molar-refractivity contribution < 1.29 is 4.43 Å². The van der Waals surface area contributed by atoms with Crippen molar-refractivity contribution in [2.24, 2.45) is 0 Å². The number of rotatable bonds is 5. The third-order valence-electron chi connectivity index (χ3n) is 5.24. The highest BCUT2D eigenvalue weighted by molar-refractivity contribution is 6.77. The van der Waals surface area contributed by atoms with E-state index in [1.807, 2.05) is 0 Å². The van der Waals surface area contributed by atoms with Crippen LogP contribution in [0.1, 0.15) is 48.0 Å². The molecule has 2 aliphatic rings. The Kier molecular flexibility index (Phi) is 4.58. The van der Waals surface area contributed by atoms with Crippen LogP contribution in [0.15, 0.2) is 12.2 Å². The number of fused-ring (bicyclic) bond motifs is 1. The molecule has 0 N–H and O–H groups in total. The molecule has 0 spiro atoms. The molecule has 2 nitrogen and oxygen atoms in total. The summed E-state index contributed by atoms with van der Waals surface area (Å²) in [6.45, 7) is 16.6. The van der Waals surface area contributed by atoms with Crippen molar-refractivity contribution in [3.8, 4) is 0 Å². The number of hydrogen-bond donors (Lipinski definition) is 0. The van der Waals surface area contributed by atoms with E-state index >= 15 is 0 Å². The summed E-state index contributed by atoms with van der Waals surface area (Å²) in [6, 6.07) is 0.558. The van der Waals surface area contributed by atoms with E-state index in [-0.39, 0.29) is 0 Å². The van der Waals surface area contributed by atoms with Crippen LogP contribution in [0.4, 0.5) is 0 Å². The van der Waals surface area contributed by atoms with E-state index in [9.17, 15) is 0 Å². The van der Waals surface area contributed by atoms with Crippen molar-refractivity contribution in [1.29, 1.82) is 0 Å². The second kappa shape index (κ2) is 5.70. The molecule has 2 atom stereocenters. The third-order valence-corrected chi connectivity index (χ3v) is 11.4. The quantitative estimate of drug-likeness (QED) is 0.553. The van der Waals surface area contributed by atoms with Crippen molar-refractivity contribution in [2.45, 2.75) is 76.7 Å². The third kappa shape index (κ3) is 2.57. The predicted octanol–water partition coefficient (Wildman–Crippen LogP) is 4.19. The minimum atomic E-state index is -1.71. The van der Waals surface area contributed by atoms with Crippen LogP contribution in [0.3, 0.4) is 0 Å². The molecular weight excluding hydrogens is 250 g/mol. The second-order valence-electron chi connectivity index (χ2n) is 7.18. The lowest BCUT2D eigenvalue weighted by Gasteiger charge is -2.44. The molecule has 0 bridgehead atoms. The Morgan fingerprint density at radius 3 is 2.16 bits per heavy atom. The summed E-state index contributed by atoms with van der Waals surface area (Å²) in [4.78, 5) is 2.56. The fraction of sp³-hybridized carbons (Fsp3) is 0.875. The van der Waals surface area contributed by atoms with Crippen LogP contribution in [0.25, 0.3) is 0 Å². The smallest absolute Gasteiger partial charge is 0.200 e. The van der Waals surface area contributed by atoms with Gasteiger partial charge in [-0.3, -0.25) is 4.90 Å². The van der Waals surface area contributed by atoms with Crippen molar-refractivity contribution in [2.75, 3.05) is 13.1 Å². The maximum atomic E-state index is 6.94. The molecule has 0 aromatic carbocycles. The molecule has 0 aromatic heterocycles. The van der Waals surface area contributed by atoms with Gasteiger partial charge in [0.15, 0.2) is 0 Å². The maximum Gasteiger partial charge on any atom is 0.200 e. The molecular formula is C16H31NOSi. The highest BCUT2D eigenvalue weighted by Crippen LogP contribution is 2.44. The summed E-state index contributed by atoms with van der Waals surface area (Å²) in [5.41, 5.74) is 2.06. The van der Waals surface area contributed by atoms with Gasteiger partial charge in [0.2, 0.25) is 8.32 Å². The van der Waals surface area contributed by atoms with E-state index in [0.29, 0.717) is 28.8 Å². The molecule has 19 heavy (non-hydrogen) atoms. The van der Waals surface area contributed by atoms with E-state index in [1.165, 1.54) is 13.0 Å². The van der Waals surface area contributed by atoms with E-state index < -0.39 is 8.32 Å². The molecule has 0 unspecified atom stereocenters. The van der Waals surface area contributed by atoms with E-state index in [4.69, 9.17) is 4.43 Å². The Balaban J connectivity index is 2.18. The van der Waals surface area contributed by atoms with Gasteiger partial charge >= 0.3 is 0 Å². The summed E-state index contributed by atoms with van der Waals surface area (Å²) in [7, 11) is -1.71. The Bertz CT molecular complexity index is 316. The molecule has 0 amide bonds. The van der Waals surface area contributed by atoms with Gasteiger partial charge in [-0.15, -0.1) is 0 Å². The first-order chi connectivity index (χ1) is 8.89. The highest BCUT2D eigenvalue weighted by atomic mass is 28.4. The van der Waals surface area contributed by atoms with Gasteiger partial charge in [-0.25, -0.2) is 0 Å². The summed E-state index contributed by atoms with van der Waals surface area (Å²) in [5.74, 6) is 0. The molecule has 2 heterocycles. The molecule has 0 radical (unpaired) electrons. The normalized spacial score (nSPS) is 28.1. The molecule has 1 saturated heterocycles. The average Bonchev–Trinajstić information content (AvgIpc) is 2.87. The van der Waals surface area contributed by atoms with Gasteiger partial charge in [0.1, 0.15) is 0 Å². The van der Waals surface area contributed by atoms with Crippen LogP contribution in [-0.2, 0) is 4.43 Å². The number of nitrogens with zero attached hydrogens (tertiary/aromatic N) is 1. The van der Waals surface area contributed by atoms with Crippen LogP contribution in [0, 0.1) is 0 Å².